The number of hydrogen-bond donors (Lipinski definition) is 0. The molecule has 0 N–H and O–H groups in total. The molecule has 0 radical (unpaired) electrons. The lowest BCUT2D eigenvalue weighted by atomic mass is 9.97. The number of rotatable bonds is 10. The van der Waals surface area contributed by atoms with E-state index in [0.29, 0.717) is 0 Å². The molecule has 0 fully saturated rings. The molecule has 0 atom stereocenters. The van der Waals surface area contributed by atoms with Gasteiger partial charge in [-0.15, -0.1) is 0 Å². The van der Waals surface area contributed by atoms with E-state index in [1.165, 1.54) is 66.3 Å². The Morgan fingerprint density at radius 1 is 0.240 bits per heavy atom. The summed E-state index contributed by atoms with van der Waals surface area (Å²) in [5.74, 6) is 0. The smallest absolute Gasteiger partial charge is 0.136 e. The summed E-state index contributed by atoms with van der Waals surface area (Å²) in [5, 5.41) is 4.83. The van der Waals surface area contributed by atoms with E-state index in [1.807, 2.05) is 12.1 Å². The molecule has 2 aromatic heterocycles. The molecule has 0 saturated heterocycles. The van der Waals surface area contributed by atoms with E-state index < -0.39 is 0 Å². The molecule has 0 unspecified atom stereocenters. The van der Waals surface area contributed by atoms with Crippen molar-refractivity contribution < 1.29 is 4.42 Å². The highest BCUT2D eigenvalue weighted by Crippen LogP contribution is 2.41. The van der Waals surface area contributed by atoms with Crippen molar-refractivity contribution in [3.8, 4) is 72.4 Å². The fraction of sp³-hybridized carbons (Fsp3) is 0. The van der Waals surface area contributed by atoms with Gasteiger partial charge in [0.15, 0.2) is 0 Å². The Bertz CT molecular complexity index is 4270. The zero-order chi connectivity index (χ0) is 49.7. The Hall–Kier alpha value is -9.96. The molecule has 2 heterocycles. The molecule has 0 spiro atoms. The summed E-state index contributed by atoms with van der Waals surface area (Å²) in [5.41, 5.74) is 22.8. The van der Waals surface area contributed by atoms with E-state index in [0.717, 1.165) is 66.9 Å². The summed E-state index contributed by atoms with van der Waals surface area (Å²) in [6.07, 6.45) is 0. The third-order valence-electron chi connectivity index (χ3n) is 14.9. The van der Waals surface area contributed by atoms with Crippen LogP contribution in [0, 0.1) is 0 Å². The summed E-state index contributed by atoms with van der Waals surface area (Å²) in [6, 6.07) is 105. The van der Waals surface area contributed by atoms with Gasteiger partial charge in [0.2, 0.25) is 0 Å². The SMILES string of the molecule is c1ccc(-c2ccc(-c3ccc(N(c4ccc(-c5ccc(-c6ccc(-n7c8ccccc8c8ccccc87)cc6)cc5)cc4)c4ccc(-c5ccc(-c6cccc7oc8ccccc8c67)cc5)cc4)cc3)cc2)cc1. The zero-order valence-electron chi connectivity index (χ0n) is 41.0. The Morgan fingerprint density at radius 2 is 0.573 bits per heavy atom. The van der Waals surface area contributed by atoms with Gasteiger partial charge in [0.25, 0.3) is 0 Å². The van der Waals surface area contributed by atoms with Crippen molar-refractivity contribution in [2.75, 3.05) is 4.90 Å². The van der Waals surface area contributed by atoms with E-state index in [9.17, 15) is 0 Å². The van der Waals surface area contributed by atoms with Crippen LogP contribution < -0.4 is 4.90 Å². The van der Waals surface area contributed by atoms with Crippen LogP contribution in [0.2, 0.25) is 0 Å². The Balaban J connectivity index is 0.748. The third-order valence-corrected chi connectivity index (χ3v) is 14.9. The quantitative estimate of drug-likeness (QED) is 0.136. The molecule has 14 aromatic rings. The van der Waals surface area contributed by atoms with Gasteiger partial charge in [0.1, 0.15) is 11.2 Å². The summed E-state index contributed by atoms with van der Waals surface area (Å²) in [6.45, 7) is 0. The second-order valence-electron chi connectivity index (χ2n) is 19.3. The predicted octanol–water partition coefficient (Wildman–Crippen LogP) is 20.2. The molecule has 0 amide bonds. The fourth-order valence-electron chi connectivity index (χ4n) is 11.1. The molecule has 14 rings (SSSR count). The van der Waals surface area contributed by atoms with Crippen molar-refractivity contribution in [3.05, 3.63) is 291 Å². The highest BCUT2D eigenvalue weighted by molar-refractivity contribution is 6.12. The van der Waals surface area contributed by atoms with E-state index in [2.05, 4.69) is 289 Å². The first kappa shape index (κ1) is 43.8. The number of para-hydroxylation sites is 3. The van der Waals surface area contributed by atoms with Crippen molar-refractivity contribution in [2.45, 2.75) is 0 Å². The first-order valence-corrected chi connectivity index (χ1v) is 25.6. The average Bonchev–Trinajstić information content (AvgIpc) is 4.05. The second-order valence-corrected chi connectivity index (χ2v) is 19.3. The van der Waals surface area contributed by atoms with Gasteiger partial charge in [0, 0.05) is 44.3 Å². The standard InChI is InChI=1S/C72H48N2O/c1-2-11-49(12-3-1)50-21-23-51(24-22-50)55-33-41-60(42-34-55)73(62-45-37-57(38-46-62)54-29-31-59(32-30-54)64-16-10-20-71-72(64)67-15-6-9-19-70(67)75-71)61-43-35-56(36-44-61)52-25-27-53(28-26-52)58-39-47-63(48-40-58)74-68-17-7-4-13-65(68)66-14-5-8-18-69(66)74/h1-48H. The van der Waals surface area contributed by atoms with Gasteiger partial charge in [-0.05, 0) is 140 Å². The van der Waals surface area contributed by atoms with Crippen LogP contribution in [0.15, 0.2) is 296 Å². The molecular weight excluding hydrogens is 909 g/mol. The van der Waals surface area contributed by atoms with Gasteiger partial charge >= 0.3 is 0 Å². The van der Waals surface area contributed by atoms with Gasteiger partial charge < -0.3 is 13.9 Å². The largest absolute Gasteiger partial charge is 0.456 e. The van der Waals surface area contributed by atoms with Crippen molar-refractivity contribution in [1.82, 2.24) is 4.57 Å². The summed E-state index contributed by atoms with van der Waals surface area (Å²) in [4.78, 5) is 2.35. The first-order valence-electron chi connectivity index (χ1n) is 25.6. The Morgan fingerprint density at radius 3 is 1.03 bits per heavy atom. The van der Waals surface area contributed by atoms with E-state index in [4.69, 9.17) is 4.42 Å². The number of anilines is 3. The lowest BCUT2D eigenvalue weighted by Gasteiger charge is -2.26. The minimum absolute atomic E-state index is 0.906. The highest BCUT2D eigenvalue weighted by atomic mass is 16.3. The molecule has 0 aliphatic heterocycles. The number of nitrogens with zero attached hydrogens (tertiary/aromatic N) is 2. The first-order chi connectivity index (χ1) is 37.2. The highest BCUT2D eigenvalue weighted by Gasteiger charge is 2.17. The molecule has 352 valence electrons. The van der Waals surface area contributed by atoms with Crippen LogP contribution in [0.1, 0.15) is 0 Å². The van der Waals surface area contributed by atoms with Crippen LogP contribution in [0.5, 0.6) is 0 Å². The van der Waals surface area contributed by atoms with Gasteiger partial charge in [-0.1, -0.05) is 218 Å². The zero-order valence-corrected chi connectivity index (χ0v) is 41.0. The minimum atomic E-state index is 0.906. The average molecular weight is 957 g/mol. The molecule has 3 heteroatoms. The topological polar surface area (TPSA) is 21.3 Å². The van der Waals surface area contributed by atoms with Gasteiger partial charge in [-0.3, -0.25) is 0 Å². The van der Waals surface area contributed by atoms with Crippen molar-refractivity contribution in [2.24, 2.45) is 0 Å². The number of benzene rings is 12. The number of fused-ring (bicyclic) bond motifs is 6. The van der Waals surface area contributed by atoms with Crippen molar-refractivity contribution in [3.63, 3.8) is 0 Å². The maximum absolute atomic E-state index is 6.21. The van der Waals surface area contributed by atoms with E-state index in [1.54, 1.807) is 0 Å². The molecule has 0 bridgehead atoms. The lowest BCUT2D eigenvalue weighted by molar-refractivity contribution is 0.669. The molecule has 12 aromatic carbocycles. The van der Waals surface area contributed by atoms with Gasteiger partial charge in [-0.2, -0.15) is 0 Å². The van der Waals surface area contributed by atoms with Gasteiger partial charge in [-0.25, -0.2) is 0 Å². The normalized spacial score (nSPS) is 11.5. The minimum Gasteiger partial charge on any atom is -0.456 e. The molecule has 3 nitrogen and oxygen atoms in total. The van der Waals surface area contributed by atoms with E-state index in [-0.39, 0.29) is 0 Å². The molecule has 0 aliphatic rings. The molecule has 0 aliphatic carbocycles. The van der Waals surface area contributed by atoms with Crippen LogP contribution in [0.25, 0.3) is 116 Å². The van der Waals surface area contributed by atoms with Crippen LogP contribution in [0.3, 0.4) is 0 Å². The number of aromatic nitrogens is 1. The maximum Gasteiger partial charge on any atom is 0.136 e. The van der Waals surface area contributed by atoms with Crippen LogP contribution in [-0.4, -0.2) is 4.57 Å². The molecule has 0 saturated carbocycles. The van der Waals surface area contributed by atoms with Crippen molar-refractivity contribution in [1.29, 1.82) is 0 Å². The maximum atomic E-state index is 6.21. The third kappa shape index (κ3) is 8.04. The second kappa shape index (κ2) is 18.6. The predicted molar refractivity (Wildman–Crippen MR) is 315 cm³/mol. The van der Waals surface area contributed by atoms with Gasteiger partial charge in [0.05, 0.1) is 11.0 Å². The number of furan rings is 1. The van der Waals surface area contributed by atoms with Crippen molar-refractivity contribution >= 4 is 60.8 Å². The molecule has 75 heavy (non-hydrogen) atoms. The Kier molecular flexibility index (Phi) is 10.8. The van der Waals surface area contributed by atoms with E-state index >= 15 is 0 Å². The van der Waals surface area contributed by atoms with Crippen LogP contribution in [0.4, 0.5) is 17.1 Å². The summed E-state index contributed by atoms with van der Waals surface area (Å²) < 4.78 is 8.58. The lowest BCUT2D eigenvalue weighted by Crippen LogP contribution is -2.09. The summed E-state index contributed by atoms with van der Waals surface area (Å²) >= 11 is 0. The fourth-order valence-corrected chi connectivity index (χ4v) is 11.1. The van der Waals surface area contributed by atoms with Crippen LogP contribution in [-0.2, 0) is 0 Å². The Labute approximate surface area is 436 Å². The summed E-state index contributed by atoms with van der Waals surface area (Å²) in [7, 11) is 0. The monoisotopic (exact) mass is 956 g/mol. The van der Waals surface area contributed by atoms with Crippen LogP contribution >= 0.6 is 0 Å². The molecular formula is C72H48N2O. The number of hydrogen-bond acceptors (Lipinski definition) is 2.